The Morgan fingerprint density at radius 2 is 1.41 bits per heavy atom. The molecule has 0 fully saturated rings. The summed E-state index contributed by atoms with van der Waals surface area (Å²) in [6, 6.07) is 22.7. The number of rotatable bonds is 7. The van der Waals surface area contributed by atoms with Crippen LogP contribution in [0.4, 0.5) is 29.0 Å². The van der Waals surface area contributed by atoms with E-state index in [0.29, 0.717) is 28.3 Å². The van der Waals surface area contributed by atoms with E-state index in [1.165, 1.54) is 0 Å². The number of hydrogen-bond acceptors (Lipinski definition) is 10. The fourth-order valence-electron chi connectivity index (χ4n) is 3.56. The molecule has 0 aliphatic carbocycles. The maximum atomic E-state index is 12.8. The van der Waals surface area contributed by atoms with Crippen molar-refractivity contribution in [3.8, 4) is 11.3 Å². The first-order valence-corrected chi connectivity index (χ1v) is 12.2. The molecule has 0 aliphatic heterocycles. The molecule has 0 aliphatic rings. The fraction of sp³-hybridized carbons (Fsp3) is 0.0769. The van der Waals surface area contributed by atoms with E-state index in [2.05, 4.69) is 40.8 Å². The summed E-state index contributed by atoms with van der Waals surface area (Å²) in [5.74, 6) is 0.671. The van der Waals surface area contributed by atoms with Gasteiger partial charge in [0.1, 0.15) is 0 Å². The minimum absolute atomic E-state index is 0.140. The van der Waals surface area contributed by atoms with Crippen LogP contribution in [0, 0.1) is 13.8 Å². The first kappa shape index (κ1) is 23.9. The molecule has 0 radical (unpaired) electrons. The number of aromatic amines is 1. The van der Waals surface area contributed by atoms with E-state index in [1.54, 1.807) is 24.3 Å². The van der Waals surface area contributed by atoms with Gasteiger partial charge in [-0.05, 0) is 67.1 Å². The average molecular weight is 510 g/mol. The third-order valence-electron chi connectivity index (χ3n) is 5.24. The summed E-state index contributed by atoms with van der Waals surface area (Å²) in [7, 11) is 0. The van der Waals surface area contributed by atoms with E-state index >= 15 is 0 Å². The van der Waals surface area contributed by atoms with Gasteiger partial charge < -0.3 is 16.4 Å². The molecule has 184 valence electrons. The summed E-state index contributed by atoms with van der Waals surface area (Å²) in [6.45, 7) is 4.01. The number of hydrogen-bond donors (Lipinski definition) is 4. The lowest BCUT2D eigenvalue weighted by Crippen LogP contribution is -2.15. The number of aromatic nitrogens is 6. The van der Waals surface area contributed by atoms with Gasteiger partial charge in [-0.15, -0.1) is 10.2 Å². The summed E-state index contributed by atoms with van der Waals surface area (Å²) < 4.78 is 0. The Balaban J connectivity index is 1.47. The minimum Gasteiger partial charge on any atom is -0.398 e. The number of nitrogens with two attached hydrogens (primary N) is 1. The molecule has 0 spiro atoms. The number of nitrogens with one attached hydrogen (secondary N) is 3. The van der Waals surface area contributed by atoms with Gasteiger partial charge in [0.15, 0.2) is 10.9 Å². The van der Waals surface area contributed by atoms with Crippen LogP contribution in [0.5, 0.6) is 0 Å². The third kappa shape index (κ3) is 5.90. The molecular weight excluding hydrogens is 486 g/mol. The molecule has 5 rings (SSSR count). The normalized spacial score (nSPS) is 10.8. The van der Waals surface area contributed by atoms with Crippen LogP contribution >= 0.6 is 11.8 Å². The highest BCUT2D eigenvalue weighted by atomic mass is 32.2. The van der Waals surface area contributed by atoms with E-state index in [9.17, 15) is 4.79 Å². The maximum absolute atomic E-state index is 12.8. The first-order chi connectivity index (χ1) is 17.9. The zero-order valence-corrected chi connectivity index (χ0v) is 20.9. The number of aryl methyl sites for hydroxylation is 2. The third-order valence-corrected chi connectivity index (χ3v) is 5.99. The van der Waals surface area contributed by atoms with Crippen molar-refractivity contribution in [1.82, 2.24) is 30.1 Å². The standard InChI is InChI=1S/C26H23N9OS/c1-15-7-5-9-17(13-15)28-23-31-24(29-18-10-6-8-16(2)14-18)33-25(32-23)37-26-30-22(36)21(34-35-26)19-11-3-4-12-20(19)27/h3-14H,27H2,1-2H3,(H,30,35,36)(H2,28,29,31,32,33). The van der Waals surface area contributed by atoms with Gasteiger partial charge in [-0.2, -0.15) is 15.0 Å². The lowest BCUT2D eigenvalue weighted by molar-refractivity contribution is 0.816. The predicted octanol–water partition coefficient (Wildman–Crippen LogP) is 4.85. The van der Waals surface area contributed by atoms with E-state index in [0.717, 1.165) is 34.3 Å². The summed E-state index contributed by atoms with van der Waals surface area (Å²) in [5, 5.41) is 15.3. The van der Waals surface area contributed by atoms with Gasteiger partial charge in [-0.3, -0.25) is 9.78 Å². The van der Waals surface area contributed by atoms with Gasteiger partial charge in [0.2, 0.25) is 17.1 Å². The molecule has 10 nitrogen and oxygen atoms in total. The molecule has 37 heavy (non-hydrogen) atoms. The van der Waals surface area contributed by atoms with Crippen LogP contribution in [0.3, 0.4) is 0 Å². The topological polar surface area (TPSA) is 147 Å². The van der Waals surface area contributed by atoms with Gasteiger partial charge in [0.25, 0.3) is 5.56 Å². The zero-order chi connectivity index (χ0) is 25.8. The summed E-state index contributed by atoms with van der Waals surface area (Å²) >= 11 is 1.06. The Hall–Kier alpha value is -4.77. The molecule has 5 N–H and O–H groups in total. The second-order valence-corrected chi connectivity index (χ2v) is 9.21. The molecule has 0 bridgehead atoms. The Kier molecular flexibility index (Phi) is 6.77. The van der Waals surface area contributed by atoms with Crippen molar-refractivity contribution >= 4 is 40.7 Å². The summed E-state index contributed by atoms with van der Waals surface area (Å²) in [5.41, 5.74) is 10.5. The summed E-state index contributed by atoms with van der Waals surface area (Å²) in [6.07, 6.45) is 0. The summed E-state index contributed by atoms with van der Waals surface area (Å²) in [4.78, 5) is 29.1. The number of anilines is 5. The molecule has 11 heteroatoms. The Labute approximate surface area is 216 Å². The molecule has 0 atom stereocenters. The first-order valence-electron chi connectivity index (χ1n) is 11.4. The van der Waals surface area contributed by atoms with Crippen LogP contribution in [-0.4, -0.2) is 30.1 Å². The molecule has 0 amide bonds. The molecule has 0 unspecified atom stereocenters. The molecule has 3 aromatic carbocycles. The van der Waals surface area contributed by atoms with Crippen LogP contribution in [0.1, 0.15) is 11.1 Å². The van der Waals surface area contributed by atoms with Crippen molar-refractivity contribution in [1.29, 1.82) is 0 Å². The van der Waals surface area contributed by atoms with E-state index in [-0.39, 0.29) is 10.9 Å². The van der Waals surface area contributed by atoms with Crippen molar-refractivity contribution in [2.24, 2.45) is 0 Å². The lowest BCUT2D eigenvalue weighted by Gasteiger charge is -2.11. The van der Waals surface area contributed by atoms with Crippen molar-refractivity contribution in [3.63, 3.8) is 0 Å². The average Bonchev–Trinajstić information content (AvgIpc) is 2.85. The largest absolute Gasteiger partial charge is 0.398 e. The van der Waals surface area contributed by atoms with E-state index in [4.69, 9.17) is 5.73 Å². The van der Waals surface area contributed by atoms with Crippen molar-refractivity contribution in [3.05, 3.63) is 94.3 Å². The predicted molar refractivity (Wildman–Crippen MR) is 145 cm³/mol. The Morgan fingerprint density at radius 3 is 1.97 bits per heavy atom. The molecule has 2 aromatic heterocycles. The fourth-order valence-corrected chi connectivity index (χ4v) is 4.22. The van der Waals surface area contributed by atoms with Crippen LogP contribution in [0.15, 0.2) is 87.9 Å². The quantitative estimate of drug-likeness (QED) is 0.224. The monoisotopic (exact) mass is 509 g/mol. The highest BCUT2D eigenvalue weighted by molar-refractivity contribution is 7.99. The van der Waals surface area contributed by atoms with Gasteiger partial charge in [-0.25, -0.2) is 0 Å². The zero-order valence-electron chi connectivity index (χ0n) is 20.1. The number of benzene rings is 3. The van der Waals surface area contributed by atoms with Crippen LogP contribution in [-0.2, 0) is 0 Å². The van der Waals surface area contributed by atoms with Crippen LogP contribution in [0.2, 0.25) is 0 Å². The lowest BCUT2D eigenvalue weighted by atomic mass is 10.1. The SMILES string of the molecule is Cc1cccc(Nc2nc(Nc3cccc(C)c3)nc(Sc3nnc(-c4ccccc4N)c(=O)[nH]3)n2)c1. The molecular formula is C26H23N9OS. The highest BCUT2D eigenvalue weighted by Gasteiger charge is 2.14. The number of nitrogens with zero attached hydrogens (tertiary/aromatic N) is 5. The van der Waals surface area contributed by atoms with Gasteiger partial charge in [0, 0.05) is 22.6 Å². The molecule has 0 saturated carbocycles. The van der Waals surface area contributed by atoms with Crippen molar-refractivity contribution in [2.45, 2.75) is 24.2 Å². The highest BCUT2D eigenvalue weighted by Crippen LogP contribution is 2.26. The molecule has 0 saturated heterocycles. The second kappa shape index (κ2) is 10.5. The van der Waals surface area contributed by atoms with Crippen molar-refractivity contribution < 1.29 is 0 Å². The Bertz CT molecular complexity index is 1570. The minimum atomic E-state index is -0.416. The van der Waals surface area contributed by atoms with E-state index in [1.807, 2.05) is 62.4 Å². The van der Waals surface area contributed by atoms with E-state index < -0.39 is 5.56 Å². The number of nitrogen functional groups attached to an aromatic ring is 1. The molecule has 2 heterocycles. The molecule has 5 aromatic rings. The number of H-pyrrole nitrogens is 1. The number of para-hydroxylation sites is 1. The van der Waals surface area contributed by atoms with Crippen molar-refractivity contribution in [2.75, 3.05) is 16.4 Å². The maximum Gasteiger partial charge on any atom is 0.278 e. The smallest absolute Gasteiger partial charge is 0.278 e. The Morgan fingerprint density at radius 1 is 0.784 bits per heavy atom. The van der Waals surface area contributed by atoms with Gasteiger partial charge in [0.05, 0.1) is 0 Å². The van der Waals surface area contributed by atoms with Crippen LogP contribution < -0.4 is 21.9 Å². The van der Waals surface area contributed by atoms with Gasteiger partial charge >= 0.3 is 0 Å². The second-order valence-electron chi connectivity index (χ2n) is 8.25. The van der Waals surface area contributed by atoms with Crippen LogP contribution in [0.25, 0.3) is 11.3 Å². The van der Waals surface area contributed by atoms with Gasteiger partial charge in [-0.1, -0.05) is 42.5 Å².